The van der Waals surface area contributed by atoms with Crippen LogP contribution in [0.4, 0.5) is 5.69 Å². The van der Waals surface area contributed by atoms with Crippen molar-refractivity contribution < 1.29 is 9.15 Å². The van der Waals surface area contributed by atoms with Crippen molar-refractivity contribution in [2.75, 3.05) is 38.2 Å². The van der Waals surface area contributed by atoms with Crippen LogP contribution in [0.15, 0.2) is 53.1 Å². The number of anilines is 1. The first-order valence-corrected chi connectivity index (χ1v) is 14.0. The topological polar surface area (TPSA) is 28.9 Å². The summed E-state index contributed by atoms with van der Waals surface area (Å²) >= 11 is 0. The molecular formula is C33H36N2O2. The highest BCUT2D eigenvalue weighted by Gasteiger charge is 2.28. The van der Waals surface area contributed by atoms with Crippen molar-refractivity contribution in [1.82, 2.24) is 4.90 Å². The van der Waals surface area contributed by atoms with Gasteiger partial charge < -0.3 is 19.0 Å². The molecule has 0 atom stereocenters. The molecule has 37 heavy (non-hydrogen) atoms. The molecule has 4 aromatic carbocycles. The fourth-order valence-corrected chi connectivity index (χ4v) is 7.02. The Morgan fingerprint density at radius 3 is 2.38 bits per heavy atom. The van der Waals surface area contributed by atoms with Gasteiger partial charge in [-0.25, -0.2) is 0 Å². The van der Waals surface area contributed by atoms with E-state index in [1.807, 2.05) is 6.26 Å². The van der Waals surface area contributed by atoms with Crippen molar-refractivity contribution in [3.05, 3.63) is 59.9 Å². The maximum absolute atomic E-state index is 6.33. The Labute approximate surface area is 218 Å². The Kier molecular flexibility index (Phi) is 5.54. The molecule has 0 aliphatic carbocycles. The minimum atomic E-state index is 0.725. The lowest BCUT2D eigenvalue weighted by molar-refractivity contribution is 0.141. The molecule has 4 nitrogen and oxygen atoms in total. The molecule has 0 unspecified atom stereocenters. The van der Waals surface area contributed by atoms with E-state index in [2.05, 4.69) is 66.1 Å². The largest absolute Gasteiger partial charge is 0.495 e. The van der Waals surface area contributed by atoms with E-state index in [4.69, 9.17) is 9.15 Å². The van der Waals surface area contributed by atoms with Gasteiger partial charge in [-0.2, -0.15) is 0 Å². The Balaban J connectivity index is 1.41. The zero-order chi connectivity index (χ0) is 25.1. The fraction of sp³-hybridized carbons (Fsp3) is 0.394. The number of nitrogens with zero attached hydrogens (tertiary/aromatic N) is 2. The second kappa shape index (κ2) is 8.95. The van der Waals surface area contributed by atoms with Crippen LogP contribution in [0.3, 0.4) is 0 Å². The minimum Gasteiger partial charge on any atom is -0.495 e. The number of fused-ring (bicyclic) bond motifs is 8. The second-order valence-corrected chi connectivity index (χ2v) is 11.2. The van der Waals surface area contributed by atoms with E-state index in [9.17, 15) is 0 Å². The van der Waals surface area contributed by atoms with Gasteiger partial charge in [0.1, 0.15) is 11.3 Å². The number of methoxy groups -OCH3 is 1. The molecule has 3 heterocycles. The molecular weight excluding hydrogens is 456 g/mol. The average Bonchev–Trinajstić information content (AvgIpc) is 3.34. The van der Waals surface area contributed by atoms with Gasteiger partial charge in [-0.05, 0) is 109 Å². The Morgan fingerprint density at radius 1 is 0.811 bits per heavy atom. The summed E-state index contributed by atoms with van der Waals surface area (Å²) in [6.45, 7) is 9.06. The molecule has 7 rings (SSSR count). The number of hydrogen-bond acceptors (Lipinski definition) is 4. The highest BCUT2D eigenvalue weighted by atomic mass is 16.5. The standard InChI is InChI=1S/C33H36N2O2/c1-21-20-37-33-27-19-30(36-3)29(35-15-11-24(12-16-35)34-13-7-4-8-14-34)18-26(27)32-25-10-6-5-9-23(25)17-28(32)31(33)22(21)2/h5-6,9-10,17-20,24H,4,7-8,11-16H2,1-3H3. The Morgan fingerprint density at radius 2 is 1.59 bits per heavy atom. The van der Waals surface area contributed by atoms with Gasteiger partial charge in [-0.15, -0.1) is 0 Å². The number of rotatable bonds is 3. The summed E-state index contributed by atoms with van der Waals surface area (Å²) in [4.78, 5) is 5.30. The van der Waals surface area contributed by atoms with Crippen LogP contribution in [-0.4, -0.2) is 44.2 Å². The van der Waals surface area contributed by atoms with Crippen LogP contribution < -0.4 is 9.64 Å². The van der Waals surface area contributed by atoms with Gasteiger partial charge in [-0.1, -0.05) is 30.7 Å². The molecule has 5 aromatic rings. The number of piperidine rings is 2. The molecule has 0 N–H and O–H groups in total. The van der Waals surface area contributed by atoms with Gasteiger partial charge >= 0.3 is 0 Å². The van der Waals surface area contributed by atoms with E-state index in [1.54, 1.807) is 7.11 Å². The van der Waals surface area contributed by atoms with E-state index >= 15 is 0 Å². The highest BCUT2D eigenvalue weighted by molar-refractivity contribution is 6.33. The molecule has 0 bridgehead atoms. The van der Waals surface area contributed by atoms with Crippen molar-refractivity contribution in [2.24, 2.45) is 0 Å². The Bertz CT molecular complexity index is 1640. The summed E-state index contributed by atoms with van der Waals surface area (Å²) in [6.07, 6.45) is 8.47. The minimum absolute atomic E-state index is 0.725. The van der Waals surface area contributed by atoms with Crippen LogP contribution in [0.1, 0.15) is 43.2 Å². The van der Waals surface area contributed by atoms with Crippen molar-refractivity contribution >= 4 is 49.0 Å². The van der Waals surface area contributed by atoms with E-state index in [0.29, 0.717) is 0 Å². The molecule has 2 aliphatic heterocycles. The van der Waals surface area contributed by atoms with E-state index in [1.165, 1.54) is 94.3 Å². The summed E-state index contributed by atoms with van der Waals surface area (Å²) in [5.41, 5.74) is 4.63. The maximum atomic E-state index is 6.33. The normalized spacial score (nSPS) is 18.0. The lowest BCUT2D eigenvalue weighted by atomic mass is 9.94. The molecule has 2 fully saturated rings. The summed E-state index contributed by atoms with van der Waals surface area (Å²) in [5.74, 6) is 0.939. The predicted octanol–water partition coefficient (Wildman–Crippen LogP) is 7.97. The third-order valence-electron chi connectivity index (χ3n) is 9.16. The number of likely N-dealkylation sites (tertiary alicyclic amines) is 1. The zero-order valence-corrected chi connectivity index (χ0v) is 22.3. The van der Waals surface area contributed by atoms with Crippen molar-refractivity contribution in [2.45, 2.75) is 52.0 Å². The molecule has 2 aliphatic rings. The Hall–Kier alpha value is -3.24. The third-order valence-corrected chi connectivity index (χ3v) is 9.16. The van der Waals surface area contributed by atoms with E-state index in [0.717, 1.165) is 35.9 Å². The first-order valence-electron chi connectivity index (χ1n) is 14.0. The van der Waals surface area contributed by atoms with Crippen molar-refractivity contribution in [3.8, 4) is 5.75 Å². The lowest BCUT2D eigenvalue weighted by Gasteiger charge is -2.41. The average molecular weight is 493 g/mol. The molecule has 1 aromatic heterocycles. The van der Waals surface area contributed by atoms with Crippen LogP contribution in [-0.2, 0) is 0 Å². The quantitative estimate of drug-likeness (QED) is 0.239. The van der Waals surface area contributed by atoms with Crippen molar-refractivity contribution in [3.63, 3.8) is 0 Å². The lowest BCUT2D eigenvalue weighted by Crippen LogP contribution is -2.46. The van der Waals surface area contributed by atoms with Crippen LogP contribution in [0.25, 0.3) is 43.3 Å². The number of aryl methyl sites for hydroxylation is 2. The highest BCUT2D eigenvalue weighted by Crippen LogP contribution is 2.46. The number of hydrogen-bond donors (Lipinski definition) is 0. The van der Waals surface area contributed by atoms with Crippen LogP contribution in [0.5, 0.6) is 5.75 Å². The van der Waals surface area contributed by atoms with Gasteiger partial charge in [0.25, 0.3) is 0 Å². The van der Waals surface area contributed by atoms with Gasteiger partial charge in [0.15, 0.2) is 0 Å². The first-order chi connectivity index (χ1) is 18.1. The molecule has 4 heteroatoms. The van der Waals surface area contributed by atoms with Gasteiger partial charge in [0, 0.05) is 29.9 Å². The summed E-state index contributed by atoms with van der Waals surface area (Å²) < 4.78 is 12.4. The second-order valence-electron chi connectivity index (χ2n) is 11.2. The van der Waals surface area contributed by atoms with Gasteiger partial charge in [0.05, 0.1) is 19.1 Å². The van der Waals surface area contributed by atoms with Crippen LogP contribution in [0.2, 0.25) is 0 Å². The van der Waals surface area contributed by atoms with E-state index < -0.39 is 0 Å². The molecule has 0 spiro atoms. The van der Waals surface area contributed by atoms with Crippen LogP contribution in [0, 0.1) is 13.8 Å². The summed E-state index contributed by atoms with van der Waals surface area (Å²) in [5, 5.41) is 8.81. The maximum Gasteiger partial charge on any atom is 0.142 e. The third kappa shape index (κ3) is 3.60. The number of benzene rings is 3. The predicted molar refractivity (Wildman–Crippen MR) is 155 cm³/mol. The molecule has 190 valence electrons. The molecule has 2 saturated heterocycles. The smallest absolute Gasteiger partial charge is 0.142 e. The van der Waals surface area contributed by atoms with Crippen LogP contribution >= 0.6 is 0 Å². The zero-order valence-electron chi connectivity index (χ0n) is 22.3. The fourth-order valence-electron chi connectivity index (χ4n) is 7.02. The first kappa shape index (κ1) is 22.9. The SMILES string of the molecule is COc1cc2c(cc1N1CCC(N3CCCCC3)CC1)c1c3ccccc3cc1c1c(C)c(C)coc21. The van der Waals surface area contributed by atoms with E-state index in [-0.39, 0.29) is 0 Å². The van der Waals surface area contributed by atoms with Gasteiger partial charge in [-0.3, -0.25) is 0 Å². The molecule has 0 amide bonds. The summed E-state index contributed by atoms with van der Waals surface area (Å²) in [7, 11) is 1.80. The summed E-state index contributed by atoms with van der Waals surface area (Å²) in [6, 6.07) is 16.5. The monoisotopic (exact) mass is 492 g/mol. The van der Waals surface area contributed by atoms with Crippen molar-refractivity contribution in [1.29, 1.82) is 0 Å². The number of ether oxygens (including phenoxy) is 1. The molecule has 0 radical (unpaired) electrons. The molecule has 0 saturated carbocycles. The van der Waals surface area contributed by atoms with Gasteiger partial charge in [0.2, 0.25) is 0 Å².